The number of thiazole rings is 1. The number of nitrogens with two attached hydrogens (primary N) is 1. The van der Waals surface area contributed by atoms with E-state index in [1.807, 2.05) is 43.0 Å². The Morgan fingerprint density at radius 1 is 1.04 bits per heavy atom. The summed E-state index contributed by atoms with van der Waals surface area (Å²) < 4.78 is 12.7. The number of β-amino-alcohol motifs (C(OH)–C–C–N with tert-alkyl or cyclic N) is 1. The van der Waals surface area contributed by atoms with Gasteiger partial charge in [0.1, 0.15) is 46.9 Å². The standard InChI is InChI=1S/C55H71ClN12O8S2/c1-32-46(77-31-62-32)35-6-7-36(26-61-51(72)40-25-37(70)28-68(40)53(74)48(54(3,4)5)64-43(71)8-16-57)41(24-35)76-38-12-20-67(21-13-38)52(73)34-10-18-65(19-11-34)50-45(56)42(9-17-59-50)78-44-27-60-49(39(29-69)63-44)66-22-14-55(15-23-66)30-75-33(2)47(55)58/h6-7,9,17,24,27,31,33-34,37-38,40,47-48,69-70H,8,10-15,18-23,25-26,28-30,58H2,1-5H3,(H,61,72)(H,64,71)/t33-,37+,40-,47+,48+/m0/s1. The number of aliphatic hydroxyl groups excluding tert-OH is 2. The van der Waals surface area contributed by atoms with E-state index < -0.39 is 47.7 Å². The molecule has 4 aromatic rings. The van der Waals surface area contributed by atoms with Crippen LogP contribution in [0.2, 0.25) is 5.02 Å². The first-order valence-electron chi connectivity index (χ1n) is 26.9. The van der Waals surface area contributed by atoms with Crippen LogP contribution in [0.4, 0.5) is 11.6 Å². The second kappa shape index (κ2) is 24.4. The van der Waals surface area contributed by atoms with Crippen molar-refractivity contribution < 1.29 is 38.9 Å². The lowest BCUT2D eigenvalue weighted by molar-refractivity contribution is -0.144. The lowest BCUT2D eigenvalue weighted by atomic mass is 9.73. The highest BCUT2D eigenvalue weighted by Gasteiger charge is 2.48. The first-order chi connectivity index (χ1) is 37.4. The first kappa shape index (κ1) is 57.0. The van der Waals surface area contributed by atoms with E-state index in [1.54, 1.807) is 44.7 Å². The van der Waals surface area contributed by atoms with Gasteiger partial charge in [0.15, 0.2) is 5.82 Å². The van der Waals surface area contributed by atoms with E-state index in [0.29, 0.717) is 97.2 Å². The Labute approximate surface area is 468 Å². The number of anilines is 2. The summed E-state index contributed by atoms with van der Waals surface area (Å²) in [5, 5.41) is 36.9. The highest BCUT2D eigenvalue weighted by Crippen LogP contribution is 2.43. The number of aryl methyl sites for hydroxylation is 1. The number of nitrogens with zero attached hydrogens (tertiary/aromatic N) is 9. The van der Waals surface area contributed by atoms with Crippen LogP contribution < -0.4 is 30.9 Å². The van der Waals surface area contributed by atoms with Crippen LogP contribution in [0.1, 0.15) is 96.0 Å². The highest BCUT2D eigenvalue weighted by atomic mass is 35.5. The Bertz CT molecular complexity index is 2880. The summed E-state index contributed by atoms with van der Waals surface area (Å²) in [6.07, 6.45) is 6.24. The largest absolute Gasteiger partial charge is 0.490 e. The number of benzene rings is 1. The molecule has 418 valence electrons. The number of piperidine rings is 3. The quantitative estimate of drug-likeness (QED) is 0.102. The SMILES string of the molecule is Cc1ncsc1-c1ccc(CNC(=O)[C@@H]2C[C@@H](O)CN2C(=O)[C@@H](NC(=O)CC#N)C(C)(C)C)c(OC2CCN(C(=O)C3CCN(c4nccc(Sc5cnc(N6CCC7(CC6)CO[C@@H](C)[C@H]7N)c(CO)n5)c4Cl)CC3)CC2)c1. The van der Waals surface area contributed by atoms with E-state index in [2.05, 4.69) is 30.4 Å². The van der Waals surface area contributed by atoms with Gasteiger partial charge in [0.05, 0.1) is 58.8 Å². The van der Waals surface area contributed by atoms with Gasteiger partial charge in [-0.1, -0.05) is 56.3 Å². The highest BCUT2D eigenvalue weighted by molar-refractivity contribution is 7.99. The zero-order valence-corrected chi connectivity index (χ0v) is 47.3. The van der Waals surface area contributed by atoms with Crippen molar-refractivity contribution >= 4 is 70.0 Å². The molecule has 1 aromatic carbocycles. The van der Waals surface area contributed by atoms with Crippen LogP contribution in [-0.2, 0) is 37.1 Å². The van der Waals surface area contributed by atoms with Crippen LogP contribution in [0.5, 0.6) is 5.75 Å². The summed E-state index contributed by atoms with van der Waals surface area (Å²) in [5.41, 5.74) is 10.6. The number of carbonyl (C=O) groups is 4. The average molecular weight is 1130 g/mol. The van der Waals surface area contributed by atoms with Crippen molar-refractivity contribution in [2.45, 2.75) is 145 Å². The lowest BCUT2D eigenvalue weighted by Gasteiger charge is -2.41. The molecule has 5 aliphatic heterocycles. The fraction of sp³-hybridized carbons (Fsp3) is 0.582. The van der Waals surface area contributed by atoms with Gasteiger partial charge in [-0.2, -0.15) is 5.26 Å². The molecule has 5 aliphatic rings. The van der Waals surface area contributed by atoms with Gasteiger partial charge in [0, 0.05) is 106 Å². The number of aliphatic hydroxyl groups is 2. The number of hydrogen-bond acceptors (Lipinski definition) is 18. The van der Waals surface area contributed by atoms with Gasteiger partial charge in [0.25, 0.3) is 0 Å². The van der Waals surface area contributed by atoms with Crippen molar-refractivity contribution in [1.29, 1.82) is 5.26 Å². The number of aromatic nitrogens is 4. The molecular weight excluding hydrogens is 1060 g/mol. The van der Waals surface area contributed by atoms with Gasteiger partial charge in [-0.25, -0.2) is 19.9 Å². The zero-order valence-electron chi connectivity index (χ0n) is 45.0. The van der Waals surface area contributed by atoms with E-state index in [0.717, 1.165) is 47.0 Å². The third kappa shape index (κ3) is 12.5. The Morgan fingerprint density at radius 2 is 1.77 bits per heavy atom. The summed E-state index contributed by atoms with van der Waals surface area (Å²) in [6, 6.07) is 7.47. The number of nitrogens with one attached hydrogen (secondary N) is 2. The smallest absolute Gasteiger partial charge is 0.246 e. The number of pyridine rings is 1. The van der Waals surface area contributed by atoms with Crippen LogP contribution in [0.25, 0.3) is 10.4 Å². The second-order valence-electron chi connectivity index (χ2n) is 22.4. The molecule has 5 atom stereocenters. The minimum atomic E-state index is -1.03. The molecule has 20 nitrogen and oxygen atoms in total. The maximum atomic E-state index is 14.1. The van der Waals surface area contributed by atoms with E-state index in [4.69, 9.17) is 42.0 Å². The molecule has 6 N–H and O–H groups in total. The van der Waals surface area contributed by atoms with Crippen molar-refractivity contribution in [2.75, 3.05) is 62.2 Å². The molecule has 23 heteroatoms. The maximum Gasteiger partial charge on any atom is 0.246 e. The van der Waals surface area contributed by atoms with Crippen molar-refractivity contribution in [3.8, 4) is 22.3 Å². The summed E-state index contributed by atoms with van der Waals surface area (Å²) in [4.78, 5) is 82.4. The van der Waals surface area contributed by atoms with Crippen molar-refractivity contribution in [1.82, 2.24) is 40.4 Å². The normalized spacial score (nSPS) is 22.4. The van der Waals surface area contributed by atoms with Crippen LogP contribution in [0.3, 0.4) is 0 Å². The third-order valence-corrected chi connectivity index (χ3v) is 18.6. The van der Waals surface area contributed by atoms with E-state index in [-0.39, 0.29) is 61.6 Å². The Kier molecular flexibility index (Phi) is 17.8. The number of halogens is 1. The van der Waals surface area contributed by atoms with Crippen LogP contribution in [0.15, 0.2) is 52.1 Å². The van der Waals surface area contributed by atoms with Crippen molar-refractivity contribution in [3.05, 3.63) is 64.1 Å². The number of nitriles is 1. The van der Waals surface area contributed by atoms with Gasteiger partial charge >= 0.3 is 0 Å². The molecule has 5 saturated heterocycles. The molecule has 0 unspecified atom stereocenters. The topological polar surface area (TPSA) is 266 Å². The molecule has 4 amide bonds. The molecular formula is C55H71ClN12O8S2. The molecule has 5 fully saturated rings. The van der Waals surface area contributed by atoms with Gasteiger partial charge in [-0.05, 0) is 62.6 Å². The first-order valence-corrected chi connectivity index (χ1v) is 29.0. The van der Waals surface area contributed by atoms with Crippen LogP contribution in [-0.4, -0.2) is 152 Å². The second-order valence-corrected chi connectivity index (χ2v) is 24.7. The Balaban J connectivity index is 0.786. The predicted octanol–water partition coefficient (Wildman–Crippen LogP) is 5.24. The molecule has 1 spiro atoms. The third-order valence-electron chi connectivity index (χ3n) is 16.1. The molecule has 0 saturated carbocycles. The molecule has 3 aromatic heterocycles. The molecule has 8 heterocycles. The van der Waals surface area contributed by atoms with Crippen molar-refractivity contribution in [3.63, 3.8) is 0 Å². The maximum absolute atomic E-state index is 14.1. The van der Waals surface area contributed by atoms with E-state index in [9.17, 15) is 29.4 Å². The summed E-state index contributed by atoms with van der Waals surface area (Å²) in [5.74, 6) is 0.325. The molecule has 78 heavy (non-hydrogen) atoms. The zero-order chi connectivity index (χ0) is 55.5. The summed E-state index contributed by atoms with van der Waals surface area (Å²) in [7, 11) is 0. The summed E-state index contributed by atoms with van der Waals surface area (Å²) in [6.45, 7) is 13.5. The van der Waals surface area contributed by atoms with Crippen LogP contribution >= 0.6 is 34.7 Å². The average Bonchev–Trinajstić information content (AvgIpc) is 4.22. The number of ether oxygens (including phenoxy) is 2. The molecule has 0 bridgehead atoms. The minimum Gasteiger partial charge on any atom is -0.490 e. The number of hydrogen-bond donors (Lipinski definition) is 5. The minimum absolute atomic E-state index is 0.000473. The van der Waals surface area contributed by atoms with E-state index in [1.165, 1.54) is 28.0 Å². The van der Waals surface area contributed by atoms with E-state index >= 15 is 0 Å². The van der Waals surface area contributed by atoms with Gasteiger partial charge in [-0.15, -0.1) is 11.3 Å². The predicted molar refractivity (Wildman–Crippen MR) is 296 cm³/mol. The van der Waals surface area contributed by atoms with Crippen molar-refractivity contribution in [2.24, 2.45) is 22.5 Å². The fourth-order valence-corrected chi connectivity index (χ4v) is 13.4. The fourth-order valence-electron chi connectivity index (χ4n) is 11.5. The van der Waals surface area contributed by atoms with Crippen LogP contribution in [0, 0.1) is 35.0 Å². The Morgan fingerprint density at radius 3 is 2.42 bits per heavy atom. The number of likely N-dealkylation sites (tertiary alicyclic amines) is 2. The van der Waals surface area contributed by atoms with Gasteiger partial charge < -0.3 is 55.7 Å². The summed E-state index contributed by atoms with van der Waals surface area (Å²) >= 11 is 9.96. The van der Waals surface area contributed by atoms with Gasteiger partial charge in [0.2, 0.25) is 23.6 Å². The molecule has 9 rings (SSSR count). The Hall–Kier alpha value is -5.67. The molecule has 0 aliphatic carbocycles. The van der Waals surface area contributed by atoms with Gasteiger partial charge in [-0.3, -0.25) is 19.2 Å². The number of amides is 4. The molecule has 0 radical (unpaired) electrons. The monoisotopic (exact) mass is 1130 g/mol. The lowest BCUT2D eigenvalue weighted by Crippen LogP contribution is -2.57. The number of rotatable bonds is 15. The number of carbonyl (C=O) groups excluding carboxylic acids is 4.